The molecule has 8 nitrogen and oxygen atoms in total. The maximum absolute atomic E-state index is 13.0. The molecule has 1 spiro atoms. The van der Waals surface area contributed by atoms with Gasteiger partial charge in [-0.2, -0.15) is 0 Å². The zero-order chi connectivity index (χ0) is 17.6. The van der Waals surface area contributed by atoms with E-state index in [-0.39, 0.29) is 18.3 Å². The van der Waals surface area contributed by atoms with Crippen LogP contribution in [0.3, 0.4) is 0 Å². The SMILES string of the molecule is Cc1cc(NC(=O)CN2C(=O)N[C@]3(CCCc4sccc43)C2=O)no1. The Kier molecular flexibility index (Phi) is 3.60. The highest BCUT2D eigenvalue weighted by atomic mass is 32.1. The number of hydrogen-bond acceptors (Lipinski definition) is 6. The van der Waals surface area contributed by atoms with Gasteiger partial charge in [0.05, 0.1) is 0 Å². The number of carbonyl (C=O) groups excluding carboxylic acids is 3. The first kappa shape index (κ1) is 15.8. The predicted octanol–water partition coefficient (Wildman–Crippen LogP) is 1.77. The molecule has 1 aliphatic carbocycles. The molecule has 0 bridgehead atoms. The van der Waals surface area contributed by atoms with Gasteiger partial charge in [0.15, 0.2) is 5.82 Å². The van der Waals surface area contributed by atoms with Crippen LogP contribution >= 0.6 is 11.3 Å². The minimum absolute atomic E-state index is 0.252. The van der Waals surface area contributed by atoms with Crippen LogP contribution in [0.2, 0.25) is 0 Å². The minimum atomic E-state index is -1.03. The average molecular weight is 360 g/mol. The molecule has 130 valence electrons. The molecule has 2 aromatic rings. The highest BCUT2D eigenvalue weighted by Crippen LogP contribution is 2.42. The van der Waals surface area contributed by atoms with Crippen LogP contribution in [0.1, 0.15) is 29.0 Å². The van der Waals surface area contributed by atoms with Crippen LogP contribution in [-0.2, 0) is 21.5 Å². The number of amides is 4. The number of imide groups is 1. The lowest BCUT2D eigenvalue weighted by atomic mass is 9.80. The summed E-state index contributed by atoms with van der Waals surface area (Å²) in [7, 11) is 0. The molecule has 1 atom stereocenters. The smallest absolute Gasteiger partial charge is 0.325 e. The molecule has 0 saturated carbocycles. The molecular formula is C16H16N4O4S. The minimum Gasteiger partial charge on any atom is -0.360 e. The van der Waals surface area contributed by atoms with Gasteiger partial charge in [0.25, 0.3) is 5.91 Å². The summed E-state index contributed by atoms with van der Waals surface area (Å²) in [6.45, 7) is 1.34. The van der Waals surface area contributed by atoms with Crippen LogP contribution in [0.5, 0.6) is 0 Å². The number of aromatic nitrogens is 1. The molecule has 0 unspecified atom stereocenters. The Morgan fingerprint density at radius 2 is 2.36 bits per heavy atom. The van der Waals surface area contributed by atoms with Gasteiger partial charge in [-0.15, -0.1) is 11.3 Å². The van der Waals surface area contributed by atoms with Crippen LogP contribution in [-0.4, -0.2) is 34.4 Å². The van der Waals surface area contributed by atoms with E-state index < -0.39 is 17.5 Å². The molecule has 2 N–H and O–H groups in total. The summed E-state index contributed by atoms with van der Waals surface area (Å²) in [5, 5.41) is 10.9. The van der Waals surface area contributed by atoms with Crippen LogP contribution in [0, 0.1) is 6.92 Å². The Morgan fingerprint density at radius 3 is 3.12 bits per heavy atom. The zero-order valence-corrected chi connectivity index (χ0v) is 14.3. The number of aryl methyl sites for hydroxylation is 2. The van der Waals surface area contributed by atoms with Gasteiger partial charge in [0.2, 0.25) is 5.91 Å². The van der Waals surface area contributed by atoms with E-state index in [0.717, 1.165) is 28.2 Å². The molecule has 4 amide bonds. The van der Waals surface area contributed by atoms with E-state index in [1.54, 1.807) is 24.3 Å². The molecule has 3 heterocycles. The molecular weight excluding hydrogens is 344 g/mol. The number of hydrogen-bond donors (Lipinski definition) is 2. The molecule has 1 saturated heterocycles. The van der Waals surface area contributed by atoms with Crippen molar-refractivity contribution in [2.75, 3.05) is 11.9 Å². The quantitative estimate of drug-likeness (QED) is 0.812. The summed E-state index contributed by atoms with van der Waals surface area (Å²) in [5.74, 6) is -0.0722. The fraction of sp³-hybridized carbons (Fsp3) is 0.375. The van der Waals surface area contributed by atoms with Gasteiger partial charge in [-0.1, -0.05) is 5.16 Å². The summed E-state index contributed by atoms with van der Waals surface area (Å²) in [5.41, 5.74) is -0.174. The fourth-order valence-electron chi connectivity index (χ4n) is 3.44. The molecule has 4 rings (SSSR count). The number of rotatable bonds is 3. The Balaban J connectivity index is 1.54. The molecule has 25 heavy (non-hydrogen) atoms. The third-order valence-electron chi connectivity index (χ3n) is 4.53. The van der Waals surface area contributed by atoms with Crippen molar-refractivity contribution in [2.45, 2.75) is 31.7 Å². The van der Waals surface area contributed by atoms with Crippen molar-refractivity contribution in [2.24, 2.45) is 0 Å². The number of nitrogens with one attached hydrogen (secondary N) is 2. The topological polar surface area (TPSA) is 105 Å². The highest BCUT2D eigenvalue weighted by Gasteiger charge is 2.54. The van der Waals surface area contributed by atoms with Crippen molar-refractivity contribution in [1.29, 1.82) is 0 Å². The molecule has 0 aromatic carbocycles. The third-order valence-corrected chi connectivity index (χ3v) is 5.51. The van der Waals surface area contributed by atoms with E-state index in [2.05, 4.69) is 15.8 Å². The van der Waals surface area contributed by atoms with Crippen molar-refractivity contribution in [3.05, 3.63) is 33.7 Å². The summed E-state index contributed by atoms with van der Waals surface area (Å²) in [4.78, 5) is 39.6. The first-order valence-electron chi connectivity index (χ1n) is 7.94. The van der Waals surface area contributed by atoms with Crippen LogP contribution in [0.4, 0.5) is 10.6 Å². The Labute approximate surface area is 147 Å². The maximum atomic E-state index is 13.0. The largest absolute Gasteiger partial charge is 0.360 e. The van der Waals surface area contributed by atoms with E-state index in [1.807, 2.05) is 11.4 Å². The van der Waals surface area contributed by atoms with Gasteiger partial charge in [-0.05, 0) is 37.6 Å². The monoisotopic (exact) mass is 360 g/mol. The molecule has 0 radical (unpaired) electrons. The maximum Gasteiger partial charge on any atom is 0.325 e. The van der Waals surface area contributed by atoms with Crippen molar-refractivity contribution in [3.8, 4) is 0 Å². The Hall–Kier alpha value is -2.68. The second kappa shape index (κ2) is 5.69. The van der Waals surface area contributed by atoms with Gasteiger partial charge in [0, 0.05) is 16.5 Å². The lowest BCUT2D eigenvalue weighted by Gasteiger charge is -2.31. The summed E-state index contributed by atoms with van der Waals surface area (Å²) in [6, 6.07) is 2.90. The van der Waals surface area contributed by atoms with Crippen molar-refractivity contribution in [3.63, 3.8) is 0 Å². The van der Waals surface area contributed by atoms with Crippen LogP contribution < -0.4 is 10.6 Å². The number of fused-ring (bicyclic) bond motifs is 2. The Morgan fingerprint density at radius 1 is 1.52 bits per heavy atom. The fourth-order valence-corrected chi connectivity index (χ4v) is 4.44. The van der Waals surface area contributed by atoms with E-state index in [4.69, 9.17) is 4.52 Å². The third kappa shape index (κ3) is 2.51. The summed E-state index contributed by atoms with van der Waals surface area (Å²) >= 11 is 1.59. The van der Waals surface area contributed by atoms with Crippen LogP contribution in [0.25, 0.3) is 0 Å². The number of anilines is 1. The van der Waals surface area contributed by atoms with Crippen molar-refractivity contribution >= 4 is 35.0 Å². The first-order chi connectivity index (χ1) is 12.0. The summed E-state index contributed by atoms with van der Waals surface area (Å²) in [6.07, 6.45) is 2.27. The molecule has 2 aliphatic rings. The normalized spacial score (nSPS) is 22.2. The van der Waals surface area contributed by atoms with E-state index in [0.29, 0.717) is 12.2 Å². The van der Waals surface area contributed by atoms with Gasteiger partial charge in [0.1, 0.15) is 17.8 Å². The lowest BCUT2D eigenvalue weighted by Crippen LogP contribution is -2.46. The van der Waals surface area contributed by atoms with Gasteiger partial charge in [-0.25, -0.2) is 4.79 Å². The van der Waals surface area contributed by atoms with Crippen molar-refractivity contribution in [1.82, 2.24) is 15.4 Å². The van der Waals surface area contributed by atoms with Gasteiger partial charge >= 0.3 is 6.03 Å². The second-order valence-corrected chi connectivity index (χ2v) is 7.21. The standard InChI is InChI=1S/C16H16N4O4S/c1-9-7-12(19-24-9)17-13(21)8-20-14(22)16(18-15(20)23)5-2-3-11-10(16)4-6-25-11/h4,6-7H,2-3,5,8H2,1H3,(H,18,23)(H,17,19,21)/t16-/m0/s1. The van der Waals surface area contributed by atoms with Crippen LogP contribution in [0.15, 0.2) is 22.0 Å². The number of urea groups is 1. The predicted molar refractivity (Wildman–Crippen MR) is 89.0 cm³/mol. The number of carbonyl (C=O) groups is 3. The van der Waals surface area contributed by atoms with Crippen molar-refractivity contribution < 1.29 is 18.9 Å². The van der Waals surface area contributed by atoms with E-state index in [1.165, 1.54) is 0 Å². The van der Waals surface area contributed by atoms with Gasteiger partial charge < -0.3 is 15.2 Å². The molecule has 1 fully saturated rings. The van der Waals surface area contributed by atoms with E-state index in [9.17, 15) is 14.4 Å². The Bertz CT molecular complexity index is 873. The second-order valence-electron chi connectivity index (χ2n) is 6.21. The highest BCUT2D eigenvalue weighted by molar-refractivity contribution is 7.10. The molecule has 1 aliphatic heterocycles. The van der Waals surface area contributed by atoms with Gasteiger partial charge in [-0.3, -0.25) is 14.5 Å². The summed E-state index contributed by atoms with van der Waals surface area (Å²) < 4.78 is 4.87. The lowest BCUT2D eigenvalue weighted by molar-refractivity contribution is -0.134. The number of thiophene rings is 1. The van der Waals surface area contributed by atoms with E-state index >= 15 is 0 Å². The average Bonchev–Trinajstić information content (AvgIpc) is 3.25. The molecule has 9 heteroatoms. The number of nitrogens with zero attached hydrogens (tertiary/aromatic N) is 2. The zero-order valence-electron chi connectivity index (χ0n) is 13.5. The molecule has 2 aromatic heterocycles. The first-order valence-corrected chi connectivity index (χ1v) is 8.82.